The van der Waals surface area contributed by atoms with E-state index in [1.54, 1.807) is 17.0 Å². The molecule has 3 aromatic carbocycles. The van der Waals surface area contributed by atoms with Gasteiger partial charge in [0.15, 0.2) is 0 Å². The smallest absolute Gasteiger partial charge is 0.243 e. The Balaban J connectivity index is 1.96. The van der Waals surface area contributed by atoms with Crippen LogP contribution in [0.3, 0.4) is 0 Å². The van der Waals surface area contributed by atoms with Gasteiger partial charge in [-0.3, -0.25) is 9.59 Å². The van der Waals surface area contributed by atoms with Crippen LogP contribution in [0.5, 0.6) is 0 Å². The molecule has 0 aromatic heterocycles. The van der Waals surface area contributed by atoms with E-state index >= 15 is 0 Å². The number of nitrogens with one attached hydrogen (secondary N) is 1. The molecule has 172 valence electrons. The Kier molecular flexibility index (Phi) is 9.10. The average molecular weight is 528 g/mol. The summed E-state index contributed by atoms with van der Waals surface area (Å²) in [6.45, 7) is 4.17. The molecule has 6 heteroatoms. The zero-order chi connectivity index (χ0) is 23.8. The monoisotopic (exact) mass is 526 g/mol. The van der Waals surface area contributed by atoms with E-state index < -0.39 is 6.04 Å². The molecule has 0 fully saturated rings. The van der Waals surface area contributed by atoms with Gasteiger partial charge in [0.2, 0.25) is 11.8 Å². The maximum atomic E-state index is 13.6. The maximum Gasteiger partial charge on any atom is 0.243 e. The van der Waals surface area contributed by atoms with Gasteiger partial charge in [-0.25, -0.2) is 0 Å². The Morgan fingerprint density at radius 3 is 2.21 bits per heavy atom. The molecule has 2 amide bonds. The molecule has 0 saturated heterocycles. The van der Waals surface area contributed by atoms with E-state index in [0.29, 0.717) is 18.0 Å². The second kappa shape index (κ2) is 12.0. The first kappa shape index (κ1) is 25.0. The van der Waals surface area contributed by atoms with Gasteiger partial charge in [0.1, 0.15) is 6.04 Å². The summed E-state index contributed by atoms with van der Waals surface area (Å²) in [4.78, 5) is 28.6. The van der Waals surface area contributed by atoms with Crippen molar-refractivity contribution in [3.05, 3.63) is 105 Å². The Bertz CT molecular complexity index is 1070. The van der Waals surface area contributed by atoms with Crippen LogP contribution in [0.25, 0.3) is 0 Å². The fourth-order valence-electron chi connectivity index (χ4n) is 3.65. The standard InChI is InChI=1S/C27H28BrClN2O2/c1-19(2)30-27(33)25(16-20-7-4-3-5-8-20)31(18-22-9-6-10-23(28)15-22)26(32)17-21-11-13-24(29)14-12-21/h3-15,19,25H,16-18H2,1-2H3,(H,30,33). The molecule has 0 radical (unpaired) electrons. The normalized spacial score (nSPS) is 11.8. The van der Waals surface area contributed by atoms with E-state index in [0.717, 1.165) is 21.2 Å². The van der Waals surface area contributed by atoms with Crippen molar-refractivity contribution in [2.75, 3.05) is 0 Å². The Morgan fingerprint density at radius 2 is 1.58 bits per heavy atom. The lowest BCUT2D eigenvalue weighted by Gasteiger charge is -2.32. The summed E-state index contributed by atoms with van der Waals surface area (Å²) in [5.74, 6) is -0.273. The van der Waals surface area contributed by atoms with Gasteiger partial charge in [0, 0.05) is 28.5 Å². The number of halogens is 2. The van der Waals surface area contributed by atoms with Gasteiger partial charge in [0.25, 0.3) is 0 Å². The fraction of sp³-hybridized carbons (Fsp3) is 0.259. The van der Waals surface area contributed by atoms with E-state index in [2.05, 4.69) is 21.2 Å². The molecule has 0 aliphatic rings. The fourth-order valence-corrected chi connectivity index (χ4v) is 4.22. The minimum absolute atomic E-state index is 0.0325. The number of benzene rings is 3. The SMILES string of the molecule is CC(C)NC(=O)C(Cc1ccccc1)N(Cc1cccc(Br)c1)C(=O)Cc1ccc(Cl)cc1. The van der Waals surface area contributed by atoms with Crippen molar-refractivity contribution in [3.63, 3.8) is 0 Å². The minimum Gasteiger partial charge on any atom is -0.352 e. The van der Waals surface area contributed by atoms with Gasteiger partial charge in [-0.1, -0.05) is 82.1 Å². The number of nitrogens with zero attached hydrogens (tertiary/aromatic N) is 1. The van der Waals surface area contributed by atoms with Gasteiger partial charge >= 0.3 is 0 Å². The van der Waals surface area contributed by atoms with Crippen LogP contribution in [0.2, 0.25) is 5.02 Å². The molecule has 0 spiro atoms. The van der Waals surface area contributed by atoms with Crippen LogP contribution >= 0.6 is 27.5 Å². The minimum atomic E-state index is -0.645. The van der Waals surface area contributed by atoms with Crippen molar-refractivity contribution < 1.29 is 9.59 Å². The number of hydrogen-bond acceptors (Lipinski definition) is 2. The zero-order valence-electron chi connectivity index (χ0n) is 18.8. The highest BCUT2D eigenvalue weighted by Crippen LogP contribution is 2.19. The van der Waals surface area contributed by atoms with Crippen LogP contribution in [-0.2, 0) is 29.0 Å². The molecule has 3 rings (SSSR count). The first-order valence-corrected chi connectivity index (χ1v) is 12.1. The van der Waals surface area contributed by atoms with Crippen molar-refractivity contribution in [2.45, 2.75) is 45.3 Å². The molecule has 1 N–H and O–H groups in total. The van der Waals surface area contributed by atoms with E-state index in [-0.39, 0.29) is 24.3 Å². The van der Waals surface area contributed by atoms with E-state index in [9.17, 15) is 9.59 Å². The van der Waals surface area contributed by atoms with Gasteiger partial charge in [-0.15, -0.1) is 0 Å². The molecule has 0 saturated carbocycles. The van der Waals surface area contributed by atoms with Gasteiger partial charge in [-0.2, -0.15) is 0 Å². The molecule has 0 heterocycles. The highest BCUT2D eigenvalue weighted by atomic mass is 79.9. The van der Waals surface area contributed by atoms with Crippen LogP contribution in [0.1, 0.15) is 30.5 Å². The number of carbonyl (C=O) groups excluding carboxylic acids is 2. The van der Waals surface area contributed by atoms with Crippen molar-refractivity contribution in [3.8, 4) is 0 Å². The number of hydrogen-bond donors (Lipinski definition) is 1. The van der Waals surface area contributed by atoms with Gasteiger partial charge < -0.3 is 10.2 Å². The Hall–Kier alpha value is -2.63. The summed E-state index contributed by atoms with van der Waals surface area (Å²) in [5, 5.41) is 3.63. The lowest BCUT2D eigenvalue weighted by Crippen LogP contribution is -2.52. The van der Waals surface area contributed by atoms with E-state index in [1.807, 2.05) is 80.6 Å². The van der Waals surface area contributed by atoms with Crippen LogP contribution in [-0.4, -0.2) is 28.8 Å². The van der Waals surface area contributed by atoms with Gasteiger partial charge in [0.05, 0.1) is 6.42 Å². The molecule has 0 aliphatic carbocycles. The van der Waals surface area contributed by atoms with E-state index in [4.69, 9.17) is 11.6 Å². The summed E-state index contributed by atoms with van der Waals surface area (Å²) < 4.78 is 0.927. The first-order chi connectivity index (χ1) is 15.8. The summed E-state index contributed by atoms with van der Waals surface area (Å²) >= 11 is 9.52. The largest absolute Gasteiger partial charge is 0.352 e. The van der Waals surface area contributed by atoms with Crippen LogP contribution in [0.15, 0.2) is 83.3 Å². The van der Waals surface area contributed by atoms with Gasteiger partial charge in [-0.05, 0) is 54.8 Å². The third-order valence-electron chi connectivity index (χ3n) is 5.21. The third-order valence-corrected chi connectivity index (χ3v) is 5.96. The molecule has 3 aromatic rings. The first-order valence-electron chi connectivity index (χ1n) is 10.9. The number of rotatable bonds is 9. The van der Waals surface area contributed by atoms with Crippen molar-refractivity contribution in [2.24, 2.45) is 0 Å². The lowest BCUT2D eigenvalue weighted by atomic mass is 10.0. The topological polar surface area (TPSA) is 49.4 Å². The van der Waals surface area contributed by atoms with Crippen molar-refractivity contribution in [1.29, 1.82) is 0 Å². The Morgan fingerprint density at radius 1 is 0.909 bits per heavy atom. The predicted molar refractivity (Wildman–Crippen MR) is 137 cm³/mol. The van der Waals surface area contributed by atoms with E-state index in [1.165, 1.54) is 0 Å². The number of amides is 2. The molecule has 1 atom stereocenters. The van der Waals surface area contributed by atoms with Crippen LogP contribution < -0.4 is 5.32 Å². The molecule has 33 heavy (non-hydrogen) atoms. The quantitative estimate of drug-likeness (QED) is 0.382. The molecular formula is C27H28BrClN2O2. The second-order valence-corrected chi connectivity index (χ2v) is 9.68. The summed E-state index contributed by atoms with van der Waals surface area (Å²) in [6.07, 6.45) is 0.616. The molecular weight excluding hydrogens is 500 g/mol. The molecule has 4 nitrogen and oxygen atoms in total. The highest BCUT2D eigenvalue weighted by molar-refractivity contribution is 9.10. The number of carbonyl (C=O) groups is 2. The average Bonchev–Trinajstić information content (AvgIpc) is 2.78. The molecule has 0 bridgehead atoms. The second-order valence-electron chi connectivity index (χ2n) is 8.32. The predicted octanol–water partition coefficient (Wildman–Crippen LogP) is 5.81. The van der Waals surface area contributed by atoms with Crippen LogP contribution in [0, 0.1) is 0 Å². The molecule has 1 unspecified atom stereocenters. The van der Waals surface area contributed by atoms with Crippen LogP contribution in [0.4, 0.5) is 0 Å². The lowest BCUT2D eigenvalue weighted by molar-refractivity contribution is -0.141. The Labute approximate surface area is 209 Å². The highest BCUT2D eigenvalue weighted by Gasteiger charge is 2.30. The summed E-state index contributed by atoms with van der Waals surface area (Å²) in [7, 11) is 0. The summed E-state index contributed by atoms with van der Waals surface area (Å²) in [5.41, 5.74) is 2.80. The third kappa shape index (κ3) is 7.72. The van der Waals surface area contributed by atoms with Crippen molar-refractivity contribution in [1.82, 2.24) is 10.2 Å². The maximum absolute atomic E-state index is 13.6. The molecule has 0 aliphatic heterocycles. The van der Waals surface area contributed by atoms with Crippen molar-refractivity contribution >= 4 is 39.3 Å². The zero-order valence-corrected chi connectivity index (χ0v) is 21.1. The summed E-state index contributed by atoms with van der Waals surface area (Å²) in [6, 6.07) is 24.2.